The molecule has 106 heavy (non-hydrogen) atoms. The number of hydrogen-bond acceptors (Lipinski definition) is 20. The maximum absolute atomic E-state index is 15.1. The number of hydrogen-bond donors (Lipinski definition) is 20. The molecule has 2 fully saturated rings. The molecule has 36 nitrogen and oxygen atoms in total. The van der Waals surface area contributed by atoms with Crippen molar-refractivity contribution in [3.05, 3.63) is 95.8 Å². The first-order valence-electron chi connectivity index (χ1n) is 34.4. The fraction of sp³-hybridized carbons (Fsp3) is 0.471. The molecule has 5 aromatic rings. The molecule has 0 spiro atoms. The molecule has 2 aromatic heterocycles. The summed E-state index contributed by atoms with van der Waals surface area (Å²) in [6.07, 6.45) is 0.292. The first kappa shape index (κ1) is 82.3. The predicted molar refractivity (Wildman–Crippen MR) is 390 cm³/mol. The fourth-order valence-electron chi connectivity index (χ4n) is 11.8. The summed E-state index contributed by atoms with van der Waals surface area (Å²) in [5.41, 5.74) is 25.3. The Bertz CT molecular complexity index is 4010. The van der Waals surface area contributed by atoms with E-state index in [-0.39, 0.29) is 82.0 Å². The van der Waals surface area contributed by atoms with E-state index in [0.717, 1.165) is 21.6 Å². The van der Waals surface area contributed by atoms with Gasteiger partial charge in [-0.15, -0.1) is 0 Å². The number of aliphatic carboxylic acids is 1. The highest BCUT2D eigenvalue weighted by atomic mass is 33.1. The Morgan fingerprint density at radius 1 is 0.708 bits per heavy atom. The van der Waals surface area contributed by atoms with Crippen LogP contribution in [0.1, 0.15) is 94.7 Å². The number of likely N-dealkylation sites (tertiary alicyclic amines) is 1. The number of phenols is 1. The zero-order valence-electron chi connectivity index (χ0n) is 58.4. The van der Waals surface area contributed by atoms with Gasteiger partial charge in [0, 0.05) is 105 Å². The minimum atomic E-state index is -1.74. The number of fused-ring (bicyclic) bond motifs is 2. The lowest BCUT2D eigenvalue weighted by Crippen LogP contribution is -2.61. The van der Waals surface area contributed by atoms with Crippen LogP contribution in [0.25, 0.3) is 21.8 Å². The van der Waals surface area contributed by atoms with Gasteiger partial charge in [0.2, 0.25) is 76.8 Å². The number of nitrogens with one attached hydrogen (secondary N) is 14. The molecule has 7 rings (SSSR count). The van der Waals surface area contributed by atoms with Gasteiger partial charge < -0.3 is 102 Å². The summed E-state index contributed by atoms with van der Waals surface area (Å²) < 4.78 is 0. The number of nitrogens with zero attached hydrogens (tertiary/aromatic N) is 2. The summed E-state index contributed by atoms with van der Waals surface area (Å²) in [7, 11) is 1.72. The number of guanidine groups is 1. The molecule has 0 bridgehead atoms. The molecule has 0 saturated carbocycles. The molecule has 0 unspecified atom stereocenters. The zero-order valence-corrected chi connectivity index (χ0v) is 60.1. The van der Waals surface area contributed by atoms with E-state index in [9.17, 15) is 67.7 Å². The van der Waals surface area contributed by atoms with Crippen LogP contribution in [0.5, 0.6) is 5.75 Å². The predicted octanol–water partition coefficient (Wildman–Crippen LogP) is -3.08. The van der Waals surface area contributed by atoms with Gasteiger partial charge in [-0.3, -0.25) is 77.6 Å². The van der Waals surface area contributed by atoms with Crippen molar-refractivity contribution in [2.45, 2.75) is 158 Å². The third-order valence-electron chi connectivity index (χ3n) is 17.5. The first-order valence-corrected chi connectivity index (χ1v) is 36.9. The van der Waals surface area contributed by atoms with Crippen molar-refractivity contribution in [3.8, 4) is 5.75 Å². The second-order valence-electron chi connectivity index (χ2n) is 25.9. The van der Waals surface area contributed by atoms with Crippen LogP contribution in [-0.2, 0) is 86.4 Å². The van der Waals surface area contributed by atoms with Crippen LogP contribution < -0.4 is 81.4 Å². The standard InChI is InChI=1S/C68H92N20O16S2/c1-35(2)57-67(104)83-47(28-36-11-14-40(89)15-12-36)62(99)79-44(9-5-24-75-68(72)73)59(96)74-25-22-54(91)78-45(17-19-53(70)90)60(97)81-49(30-38-31-76-43-8-4-3-7-41(38)43)64(101)80-46(18-20-56(93)94)61(98)84-50(58(71)95)33-105-106-34-51(65(102)86-57)85-63(100)48(29-37-13-16-42-39(27-37)32-77-87-42)82-66(103)52-10-6-26-88(52)55(92)21-23-69/h3-4,7-8,11-16,27,31-32,35,44-52,57,76,89H,5-6,9-10,17-26,28-30,33-34,69H2,1-2H3,(H2,70,90)(H2,71,95)(H,74,96)(H,77,87)(H,78,91)(H,79,99)(H,80,101)(H,81,97)(H,82,103)(H,83,104)(H,84,98)(H,85,100)(H,86,102)(H,93,94)(H4,72,73,75)/t44-,45-,46-,47-,48+,49-,50-,51-,52-,57-/m0/s1. The topological polar surface area (TPSA) is 587 Å². The van der Waals surface area contributed by atoms with Gasteiger partial charge in [-0.2, -0.15) is 5.10 Å². The highest BCUT2D eigenvalue weighted by molar-refractivity contribution is 8.76. The van der Waals surface area contributed by atoms with Crippen molar-refractivity contribution >= 4 is 132 Å². The Balaban J connectivity index is 1.27. The van der Waals surface area contributed by atoms with Gasteiger partial charge in [-0.25, -0.2) is 0 Å². The van der Waals surface area contributed by atoms with Crippen molar-refractivity contribution < 1.29 is 77.3 Å². The summed E-state index contributed by atoms with van der Waals surface area (Å²) in [6, 6.07) is 2.53. The molecule has 38 heteroatoms. The Labute approximate surface area is 616 Å². The second kappa shape index (κ2) is 40.3. The van der Waals surface area contributed by atoms with E-state index in [1.165, 1.54) is 29.2 Å². The number of aromatic hydroxyl groups is 1. The maximum Gasteiger partial charge on any atom is 0.303 e. The molecule has 13 amide bonds. The highest BCUT2D eigenvalue weighted by Crippen LogP contribution is 2.26. The minimum Gasteiger partial charge on any atom is -0.508 e. The van der Waals surface area contributed by atoms with Crippen molar-refractivity contribution in [2.24, 2.45) is 28.9 Å². The van der Waals surface area contributed by atoms with E-state index in [2.05, 4.69) is 73.7 Å². The number of carboxylic acids is 1. The van der Waals surface area contributed by atoms with Crippen LogP contribution in [0.2, 0.25) is 0 Å². The number of aromatic nitrogens is 3. The van der Waals surface area contributed by atoms with E-state index < -0.39 is 194 Å². The fourth-order valence-corrected chi connectivity index (χ4v) is 14.2. The number of carbonyl (C=O) groups excluding carboxylic acids is 13. The van der Waals surface area contributed by atoms with Crippen molar-refractivity contribution in [1.29, 1.82) is 5.41 Å². The molecule has 0 radical (unpaired) electrons. The van der Waals surface area contributed by atoms with Gasteiger partial charge >= 0.3 is 5.97 Å². The molecule has 3 aromatic carbocycles. The zero-order chi connectivity index (χ0) is 77.1. The number of carboxylic acid groups (broad SMARTS) is 1. The molecule has 10 atom stereocenters. The monoisotopic (exact) mass is 1510 g/mol. The Morgan fingerprint density at radius 3 is 2.04 bits per heavy atom. The molecular formula is C68H92N20O16S2. The van der Waals surface area contributed by atoms with Gasteiger partial charge in [0.15, 0.2) is 5.96 Å². The van der Waals surface area contributed by atoms with Crippen molar-refractivity contribution in [3.63, 3.8) is 0 Å². The largest absolute Gasteiger partial charge is 0.508 e. The molecule has 24 N–H and O–H groups in total. The van der Waals surface area contributed by atoms with E-state index in [1.807, 2.05) is 0 Å². The van der Waals surface area contributed by atoms with Crippen LogP contribution in [0.3, 0.4) is 0 Å². The number of nitrogens with two attached hydrogens (primary N) is 4. The Kier molecular flexibility index (Phi) is 31.3. The first-order chi connectivity index (χ1) is 50.6. The molecule has 2 aliphatic rings. The lowest BCUT2D eigenvalue weighted by atomic mass is 10.00. The normalized spacial score (nSPS) is 22.0. The third kappa shape index (κ3) is 25.1. The smallest absolute Gasteiger partial charge is 0.303 e. The number of rotatable bonds is 24. The van der Waals surface area contributed by atoms with Gasteiger partial charge in [0.05, 0.1) is 11.7 Å². The number of amides is 13. The molecular weight excluding hydrogens is 1420 g/mol. The summed E-state index contributed by atoms with van der Waals surface area (Å²) in [4.78, 5) is 201. The van der Waals surface area contributed by atoms with Crippen LogP contribution in [-0.4, -0.2) is 217 Å². The lowest BCUT2D eigenvalue weighted by molar-refractivity contribution is -0.139. The summed E-state index contributed by atoms with van der Waals surface area (Å²) in [5.74, 6) is -15.2. The van der Waals surface area contributed by atoms with E-state index in [4.69, 9.17) is 28.3 Å². The molecule has 4 heterocycles. The highest BCUT2D eigenvalue weighted by Gasteiger charge is 2.39. The summed E-state index contributed by atoms with van der Waals surface area (Å²) >= 11 is 0. The van der Waals surface area contributed by atoms with Crippen LogP contribution in [0, 0.1) is 11.3 Å². The average Bonchev–Trinajstić information content (AvgIpc) is 1.65. The number of H-pyrrole nitrogens is 2. The summed E-state index contributed by atoms with van der Waals surface area (Å²) in [6.45, 7) is 3.01. The maximum atomic E-state index is 15.1. The molecule has 572 valence electrons. The SMILES string of the molecule is CC(C)[C@@H]1NC(=O)[C@@H](NC(=O)[C@@H](Cc2ccc3[nH]ncc3c2)NC(=O)[C@@H]2CCCN2C(=O)CCN)CSSC[C@@H](C(N)=O)NC(=O)[C@H](CCC(=O)O)NC(=O)[C@H](Cc2c[nH]c3ccccc23)NC(=O)[C@H](CCC(N)=O)NC(=O)CCNC(=O)[C@H](CCCNC(=N)N)NC(=O)[C@H](Cc2ccc(O)cc2)NC1=O. The number of aromatic amines is 2. The van der Waals surface area contributed by atoms with Crippen LogP contribution in [0.15, 0.2) is 79.1 Å². The van der Waals surface area contributed by atoms with E-state index in [1.54, 1.807) is 68.7 Å². The lowest BCUT2D eigenvalue weighted by Gasteiger charge is -2.29. The second-order valence-corrected chi connectivity index (χ2v) is 28.5. The van der Waals surface area contributed by atoms with Crippen molar-refractivity contribution in [1.82, 2.24) is 78.6 Å². The number of para-hydroxylation sites is 1. The molecule has 2 saturated heterocycles. The van der Waals surface area contributed by atoms with E-state index >= 15 is 9.59 Å². The van der Waals surface area contributed by atoms with Crippen LogP contribution >= 0.6 is 21.6 Å². The number of benzene rings is 3. The average molecular weight is 1510 g/mol. The number of primary amides is 2. The molecule has 2 aliphatic heterocycles. The van der Waals surface area contributed by atoms with Gasteiger partial charge in [0.1, 0.15) is 66.2 Å². The minimum absolute atomic E-state index is 0.0158. The Hall–Kier alpha value is -11.0. The third-order valence-corrected chi connectivity index (χ3v) is 19.9. The quantitative estimate of drug-likeness (QED) is 0.0126. The Morgan fingerprint density at radius 2 is 1.35 bits per heavy atom. The van der Waals surface area contributed by atoms with Gasteiger partial charge in [0.25, 0.3) is 0 Å². The number of phenolic OH excluding ortho intramolecular Hbond substituents is 1. The van der Waals surface area contributed by atoms with Crippen molar-refractivity contribution in [2.75, 3.05) is 37.7 Å². The van der Waals surface area contributed by atoms with Crippen LogP contribution in [0.4, 0.5) is 0 Å². The van der Waals surface area contributed by atoms with E-state index in [0.29, 0.717) is 44.9 Å². The summed E-state index contributed by atoms with van der Waals surface area (Å²) in [5, 5.41) is 64.8. The molecule has 0 aliphatic carbocycles. The van der Waals surface area contributed by atoms with Gasteiger partial charge in [-0.1, -0.05) is 71.8 Å². The van der Waals surface area contributed by atoms with Gasteiger partial charge in [-0.05, 0) is 91.5 Å². The number of carbonyl (C=O) groups is 14.